The Balaban J connectivity index is 2.50. The van der Waals surface area contributed by atoms with Crippen LogP contribution in [-0.2, 0) is 11.3 Å². The number of anilines is 1. The van der Waals surface area contributed by atoms with Crippen LogP contribution in [0.4, 0.5) is 5.95 Å². The zero-order valence-corrected chi connectivity index (χ0v) is 10.8. The molecule has 2 heterocycles. The highest BCUT2D eigenvalue weighted by Crippen LogP contribution is 2.23. The molecule has 6 heteroatoms. The first kappa shape index (κ1) is 12.5. The highest BCUT2D eigenvalue weighted by atomic mass is 16.5. The molecule has 0 fully saturated rings. The second-order valence-corrected chi connectivity index (χ2v) is 4.26. The third-order valence-electron chi connectivity index (χ3n) is 2.60. The highest BCUT2D eigenvalue weighted by molar-refractivity contribution is 5.55. The molecule has 2 aromatic rings. The van der Waals surface area contributed by atoms with Gasteiger partial charge in [0.2, 0.25) is 5.95 Å². The number of nitrogen functional groups attached to an aromatic ring is 1. The fourth-order valence-electron chi connectivity index (χ4n) is 1.92. The summed E-state index contributed by atoms with van der Waals surface area (Å²) >= 11 is 0. The average Bonchev–Trinajstić information content (AvgIpc) is 2.73. The zero-order valence-electron chi connectivity index (χ0n) is 10.8. The van der Waals surface area contributed by atoms with Crippen molar-refractivity contribution in [3.05, 3.63) is 24.3 Å². The summed E-state index contributed by atoms with van der Waals surface area (Å²) in [7, 11) is 1.65. The molecule has 0 aromatic carbocycles. The van der Waals surface area contributed by atoms with Crippen LogP contribution in [0.2, 0.25) is 0 Å². The molecule has 6 nitrogen and oxygen atoms in total. The number of nitrogens with two attached hydrogens (primary N) is 1. The predicted molar refractivity (Wildman–Crippen MR) is 68.8 cm³/mol. The maximum atomic E-state index is 5.61. The van der Waals surface area contributed by atoms with Crippen LogP contribution in [-0.4, -0.2) is 26.6 Å². The summed E-state index contributed by atoms with van der Waals surface area (Å²) in [5, 5.41) is 0. The van der Waals surface area contributed by atoms with Crippen molar-refractivity contribution in [3.63, 3.8) is 0 Å². The minimum Gasteiger partial charge on any atom is -0.377 e. The Morgan fingerprint density at radius 1 is 1.39 bits per heavy atom. The monoisotopic (exact) mass is 247 g/mol. The number of nitrogens with zero attached hydrogens (tertiary/aromatic N) is 4. The van der Waals surface area contributed by atoms with Crippen molar-refractivity contribution in [1.82, 2.24) is 19.5 Å². The second-order valence-electron chi connectivity index (χ2n) is 4.26. The number of imidazole rings is 1. The van der Waals surface area contributed by atoms with E-state index in [9.17, 15) is 0 Å². The zero-order chi connectivity index (χ0) is 13.1. The summed E-state index contributed by atoms with van der Waals surface area (Å²) in [4.78, 5) is 12.5. The Hall–Kier alpha value is -1.95. The smallest absolute Gasteiger partial charge is 0.220 e. The van der Waals surface area contributed by atoms with Crippen molar-refractivity contribution in [2.24, 2.45) is 0 Å². The molecule has 0 atom stereocenters. The molecule has 0 saturated carbocycles. The van der Waals surface area contributed by atoms with Crippen molar-refractivity contribution in [2.75, 3.05) is 12.8 Å². The second kappa shape index (κ2) is 5.14. The first-order valence-corrected chi connectivity index (χ1v) is 5.77. The van der Waals surface area contributed by atoms with Gasteiger partial charge in [-0.05, 0) is 19.9 Å². The van der Waals surface area contributed by atoms with Crippen LogP contribution in [0.25, 0.3) is 11.4 Å². The number of aromatic nitrogens is 4. The van der Waals surface area contributed by atoms with Crippen LogP contribution in [0, 0.1) is 0 Å². The number of ether oxygens (including phenoxy) is 1. The van der Waals surface area contributed by atoms with Crippen LogP contribution < -0.4 is 5.73 Å². The minimum atomic E-state index is 0.261. The molecule has 0 spiro atoms. The third-order valence-corrected chi connectivity index (χ3v) is 2.60. The normalized spacial score (nSPS) is 11.1. The Bertz CT molecular complexity index is 535. The van der Waals surface area contributed by atoms with Gasteiger partial charge in [-0.25, -0.2) is 15.0 Å². The summed E-state index contributed by atoms with van der Waals surface area (Å²) < 4.78 is 7.24. The lowest BCUT2D eigenvalue weighted by Gasteiger charge is -2.15. The molecule has 2 aromatic heterocycles. The van der Waals surface area contributed by atoms with Crippen LogP contribution in [0.15, 0.2) is 18.5 Å². The molecule has 0 aliphatic heterocycles. The highest BCUT2D eigenvalue weighted by Gasteiger charge is 2.15. The summed E-state index contributed by atoms with van der Waals surface area (Å²) in [5.41, 5.74) is 7.30. The van der Waals surface area contributed by atoms with Crippen molar-refractivity contribution in [3.8, 4) is 11.4 Å². The predicted octanol–water partition coefficient (Wildman–Crippen LogP) is 1.65. The summed E-state index contributed by atoms with van der Waals surface area (Å²) in [6.45, 7) is 4.66. The Morgan fingerprint density at radius 2 is 2.17 bits per heavy atom. The van der Waals surface area contributed by atoms with Crippen LogP contribution in [0.1, 0.15) is 25.7 Å². The molecule has 0 amide bonds. The van der Waals surface area contributed by atoms with Crippen molar-refractivity contribution in [1.29, 1.82) is 0 Å². The standard InChI is InChI=1S/C12H17N5O/c1-8(2)17-10(6-15-11(17)7-18-3)9-4-5-14-12(13)16-9/h4-6,8H,7H2,1-3H3,(H2,13,14,16). The van der Waals surface area contributed by atoms with Crippen LogP contribution in [0.5, 0.6) is 0 Å². The number of rotatable bonds is 4. The van der Waals surface area contributed by atoms with Gasteiger partial charge >= 0.3 is 0 Å². The third kappa shape index (κ3) is 2.33. The lowest BCUT2D eigenvalue weighted by atomic mass is 10.2. The fraction of sp³-hybridized carbons (Fsp3) is 0.417. The van der Waals surface area contributed by atoms with Gasteiger partial charge in [-0.2, -0.15) is 0 Å². The van der Waals surface area contributed by atoms with E-state index in [-0.39, 0.29) is 12.0 Å². The van der Waals surface area contributed by atoms with Gasteiger partial charge in [-0.1, -0.05) is 0 Å². The molecule has 0 aliphatic rings. The fourth-order valence-corrected chi connectivity index (χ4v) is 1.92. The molecule has 0 unspecified atom stereocenters. The van der Waals surface area contributed by atoms with E-state index in [1.807, 2.05) is 6.07 Å². The van der Waals surface area contributed by atoms with Gasteiger partial charge in [0, 0.05) is 19.3 Å². The van der Waals surface area contributed by atoms with E-state index in [1.54, 1.807) is 19.5 Å². The van der Waals surface area contributed by atoms with Gasteiger partial charge in [-0.3, -0.25) is 0 Å². The Morgan fingerprint density at radius 3 is 2.78 bits per heavy atom. The lowest BCUT2D eigenvalue weighted by molar-refractivity contribution is 0.173. The molecule has 0 bridgehead atoms. The van der Waals surface area contributed by atoms with E-state index >= 15 is 0 Å². The maximum absolute atomic E-state index is 5.61. The van der Waals surface area contributed by atoms with Crippen molar-refractivity contribution < 1.29 is 4.74 Å². The summed E-state index contributed by atoms with van der Waals surface area (Å²) in [6, 6.07) is 2.09. The SMILES string of the molecule is COCc1ncc(-c2ccnc(N)n2)n1C(C)C. The number of hydrogen-bond acceptors (Lipinski definition) is 5. The molecule has 2 N–H and O–H groups in total. The Kier molecular flexibility index (Phi) is 3.57. The summed E-state index contributed by atoms with van der Waals surface area (Å²) in [5.74, 6) is 1.14. The first-order chi connectivity index (χ1) is 8.63. The molecular weight excluding hydrogens is 230 g/mol. The lowest BCUT2D eigenvalue weighted by Crippen LogP contribution is -2.09. The van der Waals surface area contributed by atoms with Crippen LogP contribution in [0.3, 0.4) is 0 Å². The van der Waals surface area contributed by atoms with Crippen molar-refractivity contribution >= 4 is 5.95 Å². The Labute approximate surface area is 106 Å². The van der Waals surface area contributed by atoms with Gasteiger partial charge in [0.15, 0.2) is 0 Å². The van der Waals surface area contributed by atoms with Crippen LogP contribution >= 0.6 is 0 Å². The number of hydrogen-bond donors (Lipinski definition) is 1. The van der Waals surface area contributed by atoms with E-state index in [0.29, 0.717) is 6.61 Å². The van der Waals surface area contributed by atoms with E-state index in [0.717, 1.165) is 17.2 Å². The molecule has 0 saturated heterocycles. The minimum absolute atomic E-state index is 0.261. The average molecular weight is 247 g/mol. The largest absolute Gasteiger partial charge is 0.377 e. The topological polar surface area (TPSA) is 78.8 Å². The maximum Gasteiger partial charge on any atom is 0.220 e. The van der Waals surface area contributed by atoms with E-state index in [1.165, 1.54) is 0 Å². The molecule has 18 heavy (non-hydrogen) atoms. The molecule has 0 radical (unpaired) electrons. The van der Waals surface area contributed by atoms with Gasteiger partial charge < -0.3 is 15.0 Å². The summed E-state index contributed by atoms with van der Waals surface area (Å²) in [6.07, 6.45) is 3.43. The van der Waals surface area contributed by atoms with Gasteiger partial charge in [0.05, 0.1) is 17.6 Å². The van der Waals surface area contributed by atoms with E-state index < -0.39 is 0 Å². The number of methoxy groups -OCH3 is 1. The quantitative estimate of drug-likeness (QED) is 0.888. The molecule has 0 aliphatic carbocycles. The van der Waals surface area contributed by atoms with Gasteiger partial charge in [0.25, 0.3) is 0 Å². The van der Waals surface area contributed by atoms with Gasteiger partial charge in [-0.15, -0.1) is 0 Å². The first-order valence-electron chi connectivity index (χ1n) is 5.77. The van der Waals surface area contributed by atoms with Crippen molar-refractivity contribution in [2.45, 2.75) is 26.5 Å². The molecule has 2 rings (SSSR count). The molecule has 96 valence electrons. The molecular formula is C12H17N5O. The van der Waals surface area contributed by atoms with E-state index in [2.05, 4.69) is 33.4 Å². The van der Waals surface area contributed by atoms with E-state index in [4.69, 9.17) is 10.5 Å². The van der Waals surface area contributed by atoms with Gasteiger partial charge in [0.1, 0.15) is 12.4 Å².